The number of hydrogen-bond acceptors (Lipinski definition) is 4. The molecule has 1 aromatic carbocycles. The van der Waals surface area contributed by atoms with Crippen LogP contribution in [0.4, 0.5) is 27.6 Å². The van der Waals surface area contributed by atoms with E-state index in [1.54, 1.807) is 24.3 Å². The molecule has 164 valence electrons. The van der Waals surface area contributed by atoms with Crippen molar-refractivity contribution in [3.05, 3.63) is 40.7 Å². The Bertz CT molecular complexity index is 924. The van der Waals surface area contributed by atoms with Crippen LogP contribution in [0.5, 0.6) is 0 Å². The number of rotatable bonds is 5. The van der Waals surface area contributed by atoms with Crippen LogP contribution in [0.15, 0.2) is 29.2 Å². The Morgan fingerprint density at radius 3 is 2.60 bits per heavy atom. The highest BCUT2D eigenvalue weighted by molar-refractivity contribution is 7.97. The summed E-state index contributed by atoms with van der Waals surface area (Å²) < 4.78 is 67.6. The van der Waals surface area contributed by atoms with Crippen molar-refractivity contribution >= 4 is 35.1 Å². The van der Waals surface area contributed by atoms with Gasteiger partial charge in [0.15, 0.2) is 5.69 Å². The summed E-state index contributed by atoms with van der Waals surface area (Å²) >= 11 is 6.83. The number of nitrogens with one attached hydrogen (secondary N) is 1. The Morgan fingerprint density at radius 1 is 1.33 bits per heavy atom. The summed E-state index contributed by atoms with van der Waals surface area (Å²) in [5, 5.41) is 10.6. The van der Waals surface area contributed by atoms with Gasteiger partial charge in [0.25, 0.3) is 5.91 Å². The van der Waals surface area contributed by atoms with E-state index < -0.39 is 34.4 Å². The van der Waals surface area contributed by atoms with E-state index in [0.717, 1.165) is 16.6 Å². The van der Waals surface area contributed by atoms with E-state index in [4.69, 9.17) is 16.7 Å². The van der Waals surface area contributed by atoms with Crippen LogP contribution in [0, 0.1) is 5.92 Å². The number of carbonyl (C=O) groups is 1. The summed E-state index contributed by atoms with van der Waals surface area (Å²) in [5.74, 6) is -4.00. The fourth-order valence-electron chi connectivity index (χ4n) is 3.33. The molecule has 2 aromatic rings. The first-order chi connectivity index (χ1) is 14.0. The SMILES string of the molecule is NSc1cccc(NC(=O)c2c(Cl)c(C(F)(F)F)nn2CC2CCC(F)(F)CC2)c1. The van der Waals surface area contributed by atoms with Crippen LogP contribution < -0.4 is 10.5 Å². The zero-order valence-corrected chi connectivity index (χ0v) is 17.1. The summed E-state index contributed by atoms with van der Waals surface area (Å²) in [6.45, 7) is -0.118. The second-order valence-corrected chi connectivity index (χ2v) is 8.18. The molecule has 1 heterocycles. The topological polar surface area (TPSA) is 72.9 Å². The van der Waals surface area contributed by atoms with Crippen LogP contribution in [0.2, 0.25) is 5.02 Å². The van der Waals surface area contributed by atoms with Crippen LogP contribution >= 0.6 is 23.5 Å². The van der Waals surface area contributed by atoms with Gasteiger partial charge in [-0.1, -0.05) is 17.7 Å². The van der Waals surface area contributed by atoms with Crippen molar-refractivity contribution in [2.45, 2.75) is 49.2 Å². The molecule has 3 rings (SSSR count). The molecule has 3 N–H and O–H groups in total. The van der Waals surface area contributed by atoms with Gasteiger partial charge >= 0.3 is 6.18 Å². The van der Waals surface area contributed by atoms with Crippen LogP contribution in [0.3, 0.4) is 0 Å². The molecule has 0 spiro atoms. The zero-order chi connectivity index (χ0) is 22.1. The van der Waals surface area contributed by atoms with Gasteiger partial charge in [-0.3, -0.25) is 14.6 Å². The number of carbonyl (C=O) groups excluding carboxylic acids is 1. The number of halogens is 6. The van der Waals surface area contributed by atoms with Crippen molar-refractivity contribution in [2.24, 2.45) is 11.1 Å². The smallest absolute Gasteiger partial charge is 0.321 e. The summed E-state index contributed by atoms with van der Waals surface area (Å²) in [7, 11) is 0. The Balaban J connectivity index is 1.89. The molecule has 1 aromatic heterocycles. The lowest BCUT2D eigenvalue weighted by Crippen LogP contribution is -2.28. The van der Waals surface area contributed by atoms with Gasteiger partial charge in [0.1, 0.15) is 10.7 Å². The van der Waals surface area contributed by atoms with E-state index in [2.05, 4.69) is 10.4 Å². The average molecular weight is 469 g/mol. The van der Waals surface area contributed by atoms with Gasteiger partial charge in [-0.05, 0) is 48.9 Å². The standard InChI is InChI=1S/C18H18ClF5N4OS/c19-13-14(16(29)26-11-2-1-3-12(8-11)30-25)28(27-15(13)18(22,23)24)9-10-4-6-17(20,21)7-5-10/h1-3,8,10H,4-7,9,25H2,(H,26,29). The predicted molar refractivity (Wildman–Crippen MR) is 104 cm³/mol. The van der Waals surface area contributed by atoms with E-state index in [-0.39, 0.29) is 38.1 Å². The molecule has 0 aliphatic heterocycles. The summed E-state index contributed by atoms with van der Waals surface area (Å²) in [6, 6.07) is 6.40. The predicted octanol–water partition coefficient (Wildman–Crippen LogP) is 5.60. The second-order valence-electron chi connectivity index (χ2n) is 7.09. The number of aromatic nitrogens is 2. The van der Waals surface area contributed by atoms with Crippen molar-refractivity contribution in [1.82, 2.24) is 9.78 Å². The van der Waals surface area contributed by atoms with Crippen molar-refractivity contribution in [1.29, 1.82) is 0 Å². The maximum absolute atomic E-state index is 13.4. The quantitative estimate of drug-likeness (QED) is 0.442. The number of amides is 1. The number of alkyl halides is 5. The van der Waals surface area contributed by atoms with E-state index in [1.807, 2.05) is 0 Å². The highest BCUT2D eigenvalue weighted by atomic mass is 35.5. The van der Waals surface area contributed by atoms with Crippen LogP contribution in [0.1, 0.15) is 41.9 Å². The minimum atomic E-state index is -4.87. The Hall–Kier alpha value is -1.85. The minimum Gasteiger partial charge on any atom is -0.321 e. The van der Waals surface area contributed by atoms with Gasteiger partial charge in [0.2, 0.25) is 5.92 Å². The number of nitrogens with two attached hydrogens (primary N) is 1. The van der Waals surface area contributed by atoms with Crippen molar-refractivity contribution in [3.8, 4) is 0 Å². The van der Waals surface area contributed by atoms with E-state index >= 15 is 0 Å². The average Bonchev–Trinajstić information content (AvgIpc) is 3.00. The van der Waals surface area contributed by atoms with E-state index in [1.165, 1.54) is 0 Å². The molecule has 0 radical (unpaired) electrons. The fourth-order valence-corrected chi connectivity index (χ4v) is 4.02. The number of anilines is 1. The van der Waals surface area contributed by atoms with Crippen LogP contribution in [-0.4, -0.2) is 21.6 Å². The highest BCUT2D eigenvalue weighted by Crippen LogP contribution is 2.39. The first kappa shape index (κ1) is 22.8. The zero-order valence-electron chi connectivity index (χ0n) is 15.5. The number of benzene rings is 1. The molecule has 0 bridgehead atoms. The lowest BCUT2D eigenvalue weighted by atomic mass is 9.87. The van der Waals surface area contributed by atoms with Crippen LogP contribution in [0.25, 0.3) is 0 Å². The molecule has 1 aliphatic carbocycles. The maximum atomic E-state index is 13.4. The molecule has 5 nitrogen and oxygen atoms in total. The van der Waals surface area contributed by atoms with Crippen molar-refractivity contribution in [2.75, 3.05) is 5.32 Å². The Morgan fingerprint density at radius 2 is 2.00 bits per heavy atom. The van der Waals surface area contributed by atoms with E-state index in [0.29, 0.717) is 10.6 Å². The molecular weight excluding hydrogens is 451 g/mol. The maximum Gasteiger partial charge on any atom is 0.436 e. The van der Waals surface area contributed by atoms with Gasteiger partial charge in [-0.2, -0.15) is 18.3 Å². The molecule has 1 aliphatic rings. The largest absolute Gasteiger partial charge is 0.436 e. The first-order valence-corrected chi connectivity index (χ1v) is 10.3. The lowest BCUT2D eigenvalue weighted by molar-refractivity contribution is -0.141. The fraction of sp³-hybridized carbons (Fsp3) is 0.444. The number of nitrogens with zero attached hydrogens (tertiary/aromatic N) is 2. The van der Waals surface area contributed by atoms with Gasteiger partial charge in [0.05, 0.1) is 0 Å². The highest BCUT2D eigenvalue weighted by Gasteiger charge is 2.41. The normalized spacial score (nSPS) is 17.2. The molecule has 0 atom stereocenters. The van der Waals surface area contributed by atoms with Crippen LogP contribution in [-0.2, 0) is 12.7 Å². The summed E-state index contributed by atoms with van der Waals surface area (Å²) in [4.78, 5) is 13.4. The molecule has 12 heteroatoms. The molecule has 1 fully saturated rings. The summed E-state index contributed by atoms with van der Waals surface area (Å²) in [6.07, 6.45) is -5.36. The van der Waals surface area contributed by atoms with Crippen molar-refractivity contribution < 1.29 is 26.7 Å². The molecule has 0 unspecified atom stereocenters. The Labute approximate surface area is 178 Å². The minimum absolute atomic E-state index is 0.114. The van der Waals surface area contributed by atoms with Crippen molar-refractivity contribution in [3.63, 3.8) is 0 Å². The molecular formula is C18H18ClF5N4OS. The van der Waals surface area contributed by atoms with Gasteiger partial charge in [-0.15, -0.1) is 0 Å². The molecule has 1 saturated carbocycles. The molecule has 30 heavy (non-hydrogen) atoms. The number of hydrogen-bond donors (Lipinski definition) is 2. The molecule has 1 amide bonds. The van der Waals surface area contributed by atoms with Gasteiger partial charge in [-0.25, -0.2) is 8.78 Å². The van der Waals surface area contributed by atoms with E-state index in [9.17, 15) is 26.7 Å². The first-order valence-electron chi connectivity index (χ1n) is 8.99. The third-order valence-electron chi connectivity index (χ3n) is 4.87. The third-order valence-corrected chi connectivity index (χ3v) is 5.76. The molecule has 0 saturated heterocycles. The Kier molecular flexibility index (Phi) is 6.63. The van der Waals surface area contributed by atoms with Gasteiger partial charge < -0.3 is 5.32 Å². The summed E-state index contributed by atoms with van der Waals surface area (Å²) in [5.41, 5.74) is -1.54. The lowest BCUT2D eigenvalue weighted by Gasteiger charge is -2.28. The third kappa shape index (κ3) is 5.25. The van der Waals surface area contributed by atoms with Gasteiger partial charge in [0, 0.05) is 30.0 Å². The second kappa shape index (κ2) is 8.72. The monoisotopic (exact) mass is 468 g/mol.